The second kappa shape index (κ2) is 9.56. The van der Waals surface area contributed by atoms with Crippen LogP contribution in [0.2, 0.25) is 0 Å². The van der Waals surface area contributed by atoms with Gasteiger partial charge in [0.1, 0.15) is 0 Å². The second-order valence-corrected chi connectivity index (χ2v) is 9.42. The smallest absolute Gasteiger partial charge is 0.266 e. The molecule has 2 fully saturated rings. The summed E-state index contributed by atoms with van der Waals surface area (Å²) in [7, 11) is -3.67. The minimum Gasteiger partial charge on any atom is -0.337 e. The van der Waals surface area contributed by atoms with Crippen LogP contribution in [0.25, 0.3) is 0 Å². The fraction of sp³-hybridized carbons (Fsp3) is 0.571. The number of sulfonamides is 1. The number of allylic oxidation sites excluding steroid dienone is 1. The first-order valence-corrected chi connectivity index (χ1v) is 11.8. The van der Waals surface area contributed by atoms with Gasteiger partial charge in [0.25, 0.3) is 10.0 Å². The van der Waals surface area contributed by atoms with Gasteiger partial charge in [0.2, 0.25) is 5.96 Å². The molecule has 1 aromatic carbocycles. The van der Waals surface area contributed by atoms with Gasteiger partial charge >= 0.3 is 0 Å². The molecule has 0 radical (unpaired) electrons. The molecule has 0 spiro atoms. The molecular formula is C21H32N4O2S. The number of benzene rings is 1. The van der Waals surface area contributed by atoms with Gasteiger partial charge in [-0.15, -0.1) is 0 Å². The molecule has 2 N–H and O–H groups in total. The minimum atomic E-state index is -3.67. The summed E-state index contributed by atoms with van der Waals surface area (Å²) < 4.78 is 27.4. The van der Waals surface area contributed by atoms with Crippen molar-refractivity contribution in [1.82, 2.24) is 14.5 Å². The van der Waals surface area contributed by atoms with E-state index in [1.165, 1.54) is 23.6 Å². The zero-order valence-corrected chi connectivity index (χ0v) is 17.5. The van der Waals surface area contributed by atoms with E-state index < -0.39 is 10.0 Å². The van der Waals surface area contributed by atoms with Gasteiger partial charge in [0.15, 0.2) is 0 Å². The Balaban J connectivity index is 1.61. The Hall–Kier alpha value is -1.86. The van der Waals surface area contributed by atoms with Gasteiger partial charge in [-0.1, -0.05) is 43.5 Å². The Morgan fingerprint density at radius 3 is 2.54 bits per heavy atom. The molecule has 2 aliphatic rings. The van der Waals surface area contributed by atoms with Crippen molar-refractivity contribution in [2.24, 2.45) is 0 Å². The topological polar surface area (TPSA) is 76.5 Å². The molecule has 7 heteroatoms. The van der Waals surface area contributed by atoms with Gasteiger partial charge in [0, 0.05) is 19.1 Å². The zero-order valence-electron chi connectivity index (χ0n) is 16.7. The quantitative estimate of drug-likeness (QED) is 0.516. The molecule has 154 valence electrons. The molecule has 28 heavy (non-hydrogen) atoms. The van der Waals surface area contributed by atoms with E-state index in [1.54, 1.807) is 12.1 Å². The van der Waals surface area contributed by atoms with E-state index >= 15 is 0 Å². The maximum atomic E-state index is 13.1. The Labute approximate surface area is 169 Å². The molecule has 3 rings (SSSR count). The molecule has 6 nitrogen and oxygen atoms in total. The molecule has 1 aromatic rings. The minimum absolute atomic E-state index is 0.143. The lowest BCUT2D eigenvalue weighted by Crippen LogP contribution is -2.42. The highest BCUT2D eigenvalue weighted by Gasteiger charge is 2.38. The summed E-state index contributed by atoms with van der Waals surface area (Å²) in [6, 6.07) is 7.42. The van der Waals surface area contributed by atoms with Crippen LogP contribution in [0, 0.1) is 5.41 Å². The van der Waals surface area contributed by atoms with Crippen molar-refractivity contribution in [2.75, 3.05) is 26.2 Å². The summed E-state index contributed by atoms with van der Waals surface area (Å²) >= 11 is 0. The highest BCUT2D eigenvalue weighted by atomic mass is 32.2. The van der Waals surface area contributed by atoms with E-state index in [9.17, 15) is 8.42 Å². The zero-order chi connectivity index (χ0) is 20.0. The Bertz CT molecular complexity index is 783. The van der Waals surface area contributed by atoms with Crippen molar-refractivity contribution in [1.29, 1.82) is 5.41 Å². The van der Waals surface area contributed by atoms with Crippen LogP contribution in [-0.2, 0) is 16.4 Å². The first-order chi connectivity index (χ1) is 13.5. The van der Waals surface area contributed by atoms with Crippen molar-refractivity contribution < 1.29 is 8.42 Å². The van der Waals surface area contributed by atoms with Gasteiger partial charge in [-0.3, -0.25) is 5.41 Å². The SMILES string of the molecule is C/C=C\CNCCc1ccc(S(=O)(=O)N2CCN(C3CCCCC3)C2=N)cc1. The second-order valence-electron chi connectivity index (χ2n) is 7.55. The first kappa shape index (κ1) is 20.9. The Kier molecular flexibility index (Phi) is 7.13. The predicted octanol–water partition coefficient (Wildman–Crippen LogP) is 2.97. The third kappa shape index (κ3) is 4.75. The van der Waals surface area contributed by atoms with Crippen molar-refractivity contribution >= 4 is 16.0 Å². The molecule has 0 bridgehead atoms. The standard InChI is InChI=1S/C21H32N4O2S/c1-2-3-14-23-15-13-18-9-11-20(12-10-18)28(26,27)25-17-16-24(21(25)22)19-7-5-4-6-8-19/h2-3,9-12,19,22-23H,4-8,13-17H2,1H3/b3-2-,22-21?. The van der Waals surface area contributed by atoms with E-state index in [1.807, 2.05) is 30.0 Å². The third-order valence-corrected chi connectivity index (χ3v) is 7.47. The van der Waals surface area contributed by atoms with Crippen molar-refractivity contribution in [3.63, 3.8) is 0 Å². The number of guanidine groups is 1. The largest absolute Gasteiger partial charge is 0.337 e. The molecule has 0 atom stereocenters. The van der Waals surface area contributed by atoms with Crippen LogP contribution >= 0.6 is 0 Å². The maximum absolute atomic E-state index is 13.1. The van der Waals surface area contributed by atoms with E-state index in [4.69, 9.17) is 5.41 Å². The fourth-order valence-electron chi connectivity index (χ4n) is 4.03. The molecular weight excluding hydrogens is 372 g/mol. The van der Waals surface area contributed by atoms with E-state index in [2.05, 4.69) is 11.4 Å². The number of hydrogen-bond acceptors (Lipinski definition) is 4. The molecule has 1 aliphatic heterocycles. The fourth-order valence-corrected chi connectivity index (χ4v) is 5.42. The highest BCUT2D eigenvalue weighted by molar-refractivity contribution is 7.89. The molecule has 1 saturated carbocycles. The maximum Gasteiger partial charge on any atom is 0.266 e. The van der Waals surface area contributed by atoms with Crippen molar-refractivity contribution in [3.8, 4) is 0 Å². The summed E-state index contributed by atoms with van der Waals surface area (Å²) in [5.41, 5.74) is 1.10. The molecule has 0 unspecified atom stereocenters. The third-order valence-electron chi connectivity index (χ3n) is 5.67. The number of hydrogen-bond donors (Lipinski definition) is 2. The monoisotopic (exact) mass is 404 g/mol. The Morgan fingerprint density at radius 2 is 1.86 bits per heavy atom. The summed E-state index contributed by atoms with van der Waals surface area (Å²) in [5, 5.41) is 11.8. The van der Waals surface area contributed by atoms with Crippen LogP contribution in [0.3, 0.4) is 0 Å². The molecule has 0 aromatic heterocycles. The molecule has 1 aliphatic carbocycles. The lowest BCUT2D eigenvalue weighted by atomic mass is 9.94. The van der Waals surface area contributed by atoms with Crippen LogP contribution in [-0.4, -0.2) is 55.8 Å². The lowest BCUT2D eigenvalue weighted by Gasteiger charge is -2.32. The number of rotatable bonds is 8. The van der Waals surface area contributed by atoms with E-state index in [-0.39, 0.29) is 10.9 Å². The average molecular weight is 405 g/mol. The first-order valence-electron chi connectivity index (χ1n) is 10.3. The molecule has 1 saturated heterocycles. The van der Waals surface area contributed by atoms with Gasteiger partial charge < -0.3 is 10.2 Å². The average Bonchev–Trinajstić information content (AvgIpc) is 3.11. The van der Waals surface area contributed by atoms with Gasteiger partial charge in [-0.05, 0) is 50.4 Å². The van der Waals surface area contributed by atoms with Crippen LogP contribution in [0.4, 0.5) is 0 Å². The lowest BCUT2D eigenvalue weighted by molar-refractivity contribution is 0.260. The van der Waals surface area contributed by atoms with Crippen LogP contribution in [0.1, 0.15) is 44.6 Å². The van der Waals surface area contributed by atoms with Crippen molar-refractivity contribution in [2.45, 2.75) is 56.4 Å². The van der Waals surface area contributed by atoms with Crippen LogP contribution in [0.15, 0.2) is 41.3 Å². The van der Waals surface area contributed by atoms with Gasteiger partial charge in [0.05, 0.1) is 11.4 Å². The van der Waals surface area contributed by atoms with Crippen molar-refractivity contribution in [3.05, 3.63) is 42.0 Å². The summed E-state index contributed by atoms with van der Waals surface area (Å²) in [5.74, 6) is 0.143. The number of nitrogens with one attached hydrogen (secondary N) is 2. The highest BCUT2D eigenvalue weighted by Crippen LogP contribution is 2.28. The van der Waals surface area contributed by atoms with E-state index in [0.29, 0.717) is 19.1 Å². The summed E-state index contributed by atoms with van der Waals surface area (Å²) in [6.45, 7) is 4.68. The van der Waals surface area contributed by atoms with Crippen LogP contribution in [0.5, 0.6) is 0 Å². The molecule has 1 heterocycles. The Morgan fingerprint density at radius 1 is 1.14 bits per heavy atom. The normalized spacial score (nSPS) is 19.1. The van der Waals surface area contributed by atoms with Crippen LogP contribution < -0.4 is 5.32 Å². The molecule has 0 amide bonds. The predicted molar refractivity (Wildman–Crippen MR) is 113 cm³/mol. The summed E-state index contributed by atoms with van der Waals surface area (Å²) in [6.07, 6.45) is 10.7. The van der Waals surface area contributed by atoms with Gasteiger partial charge in [-0.25, -0.2) is 12.7 Å². The van der Waals surface area contributed by atoms with E-state index in [0.717, 1.165) is 37.9 Å². The summed E-state index contributed by atoms with van der Waals surface area (Å²) in [4.78, 5) is 2.26. The number of nitrogens with zero attached hydrogens (tertiary/aromatic N) is 2. The van der Waals surface area contributed by atoms with Gasteiger partial charge in [-0.2, -0.15) is 0 Å².